The number of anilines is 1. The average Bonchev–Trinajstić information content (AvgIpc) is 2.29. The van der Waals surface area contributed by atoms with Crippen LogP contribution in [0.2, 0.25) is 0 Å². The molecule has 0 heterocycles. The van der Waals surface area contributed by atoms with Crippen LogP contribution in [0.4, 0.5) is 10.1 Å². The fourth-order valence-electron chi connectivity index (χ4n) is 1.49. The Morgan fingerprint density at radius 1 is 1.35 bits per heavy atom. The molecule has 4 heteroatoms. The Hall–Kier alpha value is -1.89. The van der Waals surface area contributed by atoms with Crippen LogP contribution in [-0.4, -0.2) is 13.0 Å². The summed E-state index contributed by atoms with van der Waals surface area (Å²) in [5.74, 6) is -1.34. The van der Waals surface area contributed by atoms with Gasteiger partial charge in [-0.15, -0.1) is 0 Å². The van der Waals surface area contributed by atoms with Crippen LogP contribution in [0.15, 0.2) is 24.3 Å². The Balaban J connectivity index is 2.90. The molecule has 17 heavy (non-hydrogen) atoms. The first-order chi connectivity index (χ1) is 7.97. The molecule has 0 radical (unpaired) electrons. The topological polar surface area (TPSA) is 44.1 Å². The number of hydrogen-bond acceptors (Lipinski definition) is 2. The van der Waals surface area contributed by atoms with E-state index in [4.69, 9.17) is 5.26 Å². The molecule has 3 nitrogen and oxygen atoms in total. The van der Waals surface area contributed by atoms with E-state index in [0.29, 0.717) is 5.69 Å². The van der Waals surface area contributed by atoms with Crippen molar-refractivity contribution in [2.45, 2.75) is 13.8 Å². The largest absolute Gasteiger partial charge is 0.314 e. The lowest BCUT2D eigenvalue weighted by Crippen LogP contribution is -2.34. The Bertz CT molecular complexity index is 434. The van der Waals surface area contributed by atoms with E-state index in [9.17, 15) is 9.18 Å². The predicted octanol–water partition coefficient (Wildman–Crippen LogP) is 2.58. The molecule has 0 N–H and O–H groups in total. The number of hydrogen-bond donors (Lipinski definition) is 0. The van der Waals surface area contributed by atoms with Gasteiger partial charge in [-0.05, 0) is 30.2 Å². The quantitative estimate of drug-likeness (QED) is 0.806. The Labute approximate surface area is 100 Å². The van der Waals surface area contributed by atoms with E-state index in [0.717, 1.165) is 0 Å². The third-order valence-electron chi connectivity index (χ3n) is 2.62. The molecule has 1 atom stereocenters. The number of carbonyl (C=O) groups is 1. The number of carbonyl (C=O) groups excluding carboxylic acids is 1. The molecule has 0 aliphatic rings. The molecule has 0 saturated carbocycles. The first-order valence-corrected chi connectivity index (χ1v) is 5.40. The van der Waals surface area contributed by atoms with Crippen LogP contribution in [0.25, 0.3) is 0 Å². The van der Waals surface area contributed by atoms with Gasteiger partial charge in [0.05, 0.1) is 6.07 Å². The van der Waals surface area contributed by atoms with Gasteiger partial charge in [0.2, 0.25) is 5.91 Å². The number of nitrogens with zero attached hydrogens (tertiary/aromatic N) is 2. The van der Waals surface area contributed by atoms with E-state index in [1.807, 2.05) is 19.9 Å². The molecule has 0 bridgehead atoms. The summed E-state index contributed by atoms with van der Waals surface area (Å²) in [6.45, 7) is 3.65. The van der Waals surface area contributed by atoms with Gasteiger partial charge >= 0.3 is 0 Å². The molecule has 0 fully saturated rings. The second-order valence-corrected chi connectivity index (χ2v) is 4.22. The highest BCUT2D eigenvalue weighted by Crippen LogP contribution is 2.19. The van der Waals surface area contributed by atoms with Crippen molar-refractivity contribution in [1.82, 2.24) is 0 Å². The molecule has 1 aromatic rings. The third-order valence-corrected chi connectivity index (χ3v) is 2.62. The molecular weight excluding hydrogens is 219 g/mol. The minimum atomic E-state index is -0.676. The van der Waals surface area contributed by atoms with Gasteiger partial charge in [0.1, 0.15) is 11.7 Å². The highest BCUT2D eigenvalue weighted by Gasteiger charge is 2.25. The summed E-state index contributed by atoms with van der Waals surface area (Å²) >= 11 is 0. The lowest BCUT2D eigenvalue weighted by atomic mass is 9.96. The summed E-state index contributed by atoms with van der Waals surface area (Å²) in [5.41, 5.74) is 0.581. The lowest BCUT2D eigenvalue weighted by Gasteiger charge is -2.21. The van der Waals surface area contributed by atoms with Crippen LogP contribution in [0, 0.1) is 29.0 Å². The smallest absolute Gasteiger partial charge is 0.244 e. The Morgan fingerprint density at radius 3 is 2.29 bits per heavy atom. The van der Waals surface area contributed by atoms with Gasteiger partial charge < -0.3 is 4.90 Å². The van der Waals surface area contributed by atoms with Gasteiger partial charge in [-0.2, -0.15) is 5.26 Å². The van der Waals surface area contributed by atoms with E-state index in [-0.39, 0.29) is 17.6 Å². The monoisotopic (exact) mass is 234 g/mol. The molecule has 0 spiro atoms. The van der Waals surface area contributed by atoms with Crippen LogP contribution < -0.4 is 4.90 Å². The molecule has 0 aliphatic carbocycles. The van der Waals surface area contributed by atoms with Gasteiger partial charge in [0.15, 0.2) is 0 Å². The molecule has 0 aromatic heterocycles. The zero-order valence-electron chi connectivity index (χ0n) is 10.1. The van der Waals surface area contributed by atoms with E-state index in [1.165, 1.54) is 29.2 Å². The molecule has 1 aromatic carbocycles. The van der Waals surface area contributed by atoms with Crippen LogP contribution in [-0.2, 0) is 4.79 Å². The van der Waals surface area contributed by atoms with E-state index < -0.39 is 5.92 Å². The van der Waals surface area contributed by atoms with Gasteiger partial charge in [0, 0.05) is 12.7 Å². The Morgan fingerprint density at radius 2 is 1.88 bits per heavy atom. The summed E-state index contributed by atoms with van der Waals surface area (Å²) in [6.07, 6.45) is 0. The Kier molecular flexibility index (Phi) is 4.22. The number of rotatable bonds is 3. The molecule has 1 amide bonds. The standard InChI is InChI=1S/C13H15FN2O/c1-9(2)12(8-15)13(17)16(3)11-6-4-10(14)5-7-11/h4-7,9,12H,1-3H3. The van der Waals surface area contributed by atoms with E-state index >= 15 is 0 Å². The van der Waals surface area contributed by atoms with Crippen molar-refractivity contribution in [2.75, 3.05) is 11.9 Å². The molecule has 1 rings (SSSR count). The van der Waals surface area contributed by atoms with Crippen molar-refractivity contribution < 1.29 is 9.18 Å². The molecule has 0 saturated heterocycles. The second kappa shape index (κ2) is 5.44. The minimum absolute atomic E-state index is 0.0459. The second-order valence-electron chi connectivity index (χ2n) is 4.22. The van der Waals surface area contributed by atoms with Crippen LogP contribution in [0.1, 0.15) is 13.8 Å². The fraction of sp³-hybridized carbons (Fsp3) is 0.385. The van der Waals surface area contributed by atoms with Gasteiger partial charge in [0.25, 0.3) is 0 Å². The number of nitriles is 1. The lowest BCUT2D eigenvalue weighted by molar-refractivity contribution is -0.121. The number of halogens is 1. The summed E-state index contributed by atoms with van der Waals surface area (Å²) in [7, 11) is 1.59. The molecular formula is C13H15FN2O. The molecule has 1 unspecified atom stereocenters. The summed E-state index contributed by atoms with van der Waals surface area (Å²) < 4.78 is 12.7. The highest BCUT2D eigenvalue weighted by atomic mass is 19.1. The van der Waals surface area contributed by atoms with Crippen molar-refractivity contribution in [3.63, 3.8) is 0 Å². The normalized spacial score (nSPS) is 12.0. The van der Waals surface area contributed by atoms with E-state index in [1.54, 1.807) is 7.05 Å². The van der Waals surface area contributed by atoms with Gasteiger partial charge in [-0.1, -0.05) is 13.8 Å². The fourth-order valence-corrected chi connectivity index (χ4v) is 1.49. The number of benzene rings is 1. The zero-order valence-corrected chi connectivity index (χ0v) is 10.1. The maximum absolute atomic E-state index is 12.7. The molecule has 0 aliphatic heterocycles. The van der Waals surface area contributed by atoms with Crippen molar-refractivity contribution in [1.29, 1.82) is 5.26 Å². The first-order valence-electron chi connectivity index (χ1n) is 5.40. The van der Waals surface area contributed by atoms with Crippen molar-refractivity contribution >= 4 is 11.6 Å². The maximum atomic E-state index is 12.7. The summed E-state index contributed by atoms with van der Waals surface area (Å²) in [5, 5.41) is 8.95. The first kappa shape index (κ1) is 13.2. The predicted molar refractivity (Wildman–Crippen MR) is 63.8 cm³/mol. The van der Waals surface area contributed by atoms with E-state index in [2.05, 4.69) is 0 Å². The zero-order chi connectivity index (χ0) is 13.0. The highest BCUT2D eigenvalue weighted by molar-refractivity contribution is 5.96. The summed E-state index contributed by atoms with van der Waals surface area (Å²) in [6, 6.07) is 7.60. The van der Waals surface area contributed by atoms with Gasteiger partial charge in [-0.3, -0.25) is 4.79 Å². The van der Waals surface area contributed by atoms with Crippen LogP contribution >= 0.6 is 0 Å². The number of amides is 1. The summed E-state index contributed by atoms with van der Waals surface area (Å²) in [4.78, 5) is 13.4. The maximum Gasteiger partial charge on any atom is 0.244 e. The molecule has 90 valence electrons. The van der Waals surface area contributed by atoms with Crippen molar-refractivity contribution in [2.24, 2.45) is 11.8 Å². The minimum Gasteiger partial charge on any atom is -0.314 e. The van der Waals surface area contributed by atoms with Crippen molar-refractivity contribution in [3.05, 3.63) is 30.1 Å². The average molecular weight is 234 g/mol. The van der Waals surface area contributed by atoms with Crippen LogP contribution in [0.3, 0.4) is 0 Å². The van der Waals surface area contributed by atoms with Gasteiger partial charge in [-0.25, -0.2) is 4.39 Å². The van der Waals surface area contributed by atoms with Crippen molar-refractivity contribution in [3.8, 4) is 6.07 Å². The third kappa shape index (κ3) is 3.04. The SMILES string of the molecule is CC(C)C(C#N)C(=O)N(C)c1ccc(F)cc1. The van der Waals surface area contributed by atoms with Crippen LogP contribution in [0.5, 0.6) is 0 Å².